The SMILES string of the molecule is O=C(O)c1ccccc1N1C(=O)[C@@H]2[C@@H](C1=O)[C@H]1C=C[C@@H]2C1. The number of carboxylic acid groups (broad SMARTS) is 1. The Morgan fingerprint density at radius 2 is 1.62 bits per heavy atom. The number of allylic oxidation sites excluding steroid dienone is 2. The quantitative estimate of drug-likeness (QED) is 0.662. The molecule has 0 radical (unpaired) electrons. The van der Waals surface area contributed by atoms with Gasteiger partial charge >= 0.3 is 5.97 Å². The average Bonchev–Trinajstić information content (AvgIpc) is 3.13. The molecule has 1 N–H and O–H groups in total. The maximum absolute atomic E-state index is 12.6. The van der Waals surface area contributed by atoms with E-state index in [9.17, 15) is 19.5 Å². The molecule has 1 aromatic carbocycles. The molecule has 2 fully saturated rings. The molecule has 3 aliphatic rings. The van der Waals surface area contributed by atoms with Gasteiger partial charge in [0.1, 0.15) is 0 Å². The molecule has 1 saturated heterocycles. The molecule has 0 spiro atoms. The third kappa shape index (κ3) is 1.48. The van der Waals surface area contributed by atoms with Gasteiger partial charge in [0, 0.05) is 0 Å². The Kier molecular flexibility index (Phi) is 2.37. The largest absolute Gasteiger partial charge is 0.478 e. The summed E-state index contributed by atoms with van der Waals surface area (Å²) in [6, 6.07) is 6.17. The van der Waals surface area contributed by atoms with Crippen LogP contribution in [0.25, 0.3) is 0 Å². The summed E-state index contributed by atoms with van der Waals surface area (Å²) < 4.78 is 0. The number of fused-ring (bicyclic) bond motifs is 5. The van der Waals surface area contributed by atoms with Crippen LogP contribution < -0.4 is 4.90 Å². The number of hydrogen-bond donors (Lipinski definition) is 1. The number of aromatic carboxylic acids is 1. The molecular formula is C16H13NO4. The summed E-state index contributed by atoms with van der Waals surface area (Å²) in [5, 5.41) is 9.26. The summed E-state index contributed by atoms with van der Waals surface area (Å²) in [6.07, 6.45) is 4.90. The maximum atomic E-state index is 12.6. The smallest absolute Gasteiger partial charge is 0.337 e. The Labute approximate surface area is 120 Å². The van der Waals surface area contributed by atoms with E-state index in [0.717, 1.165) is 11.3 Å². The molecule has 1 aromatic rings. The Morgan fingerprint density at radius 3 is 2.19 bits per heavy atom. The van der Waals surface area contributed by atoms with E-state index >= 15 is 0 Å². The van der Waals surface area contributed by atoms with Gasteiger partial charge in [0.2, 0.25) is 11.8 Å². The van der Waals surface area contributed by atoms with Crippen LogP contribution in [0.15, 0.2) is 36.4 Å². The van der Waals surface area contributed by atoms with Crippen molar-refractivity contribution >= 4 is 23.5 Å². The van der Waals surface area contributed by atoms with Crippen LogP contribution in [0.1, 0.15) is 16.8 Å². The van der Waals surface area contributed by atoms with Crippen molar-refractivity contribution in [3.8, 4) is 0 Å². The first kappa shape index (κ1) is 12.3. The highest BCUT2D eigenvalue weighted by atomic mass is 16.4. The number of anilines is 1. The monoisotopic (exact) mass is 283 g/mol. The van der Waals surface area contributed by atoms with Gasteiger partial charge in [0.25, 0.3) is 0 Å². The van der Waals surface area contributed by atoms with Crippen LogP contribution >= 0.6 is 0 Å². The minimum absolute atomic E-state index is 0.0144. The van der Waals surface area contributed by atoms with Crippen LogP contribution in [-0.2, 0) is 9.59 Å². The van der Waals surface area contributed by atoms with E-state index in [1.807, 2.05) is 12.2 Å². The molecule has 1 aliphatic heterocycles. The Hall–Kier alpha value is -2.43. The summed E-state index contributed by atoms with van der Waals surface area (Å²) >= 11 is 0. The molecule has 2 aliphatic carbocycles. The average molecular weight is 283 g/mol. The minimum atomic E-state index is -1.13. The van der Waals surface area contributed by atoms with Crippen LogP contribution in [-0.4, -0.2) is 22.9 Å². The van der Waals surface area contributed by atoms with E-state index in [1.165, 1.54) is 12.1 Å². The summed E-state index contributed by atoms with van der Waals surface area (Å²) in [4.78, 5) is 37.7. The van der Waals surface area contributed by atoms with Gasteiger partial charge in [-0.3, -0.25) is 9.59 Å². The number of hydrogen-bond acceptors (Lipinski definition) is 3. The molecule has 5 nitrogen and oxygen atoms in total. The lowest BCUT2D eigenvalue weighted by atomic mass is 9.85. The van der Waals surface area contributed by atoms with Gasteiger partial charge < -0.3 is 5.11 Å². The number of benzene rings is 1. The maximum Gasteiger partial charge on any atom is 0.337 e. The summed E-state index contributed by atoms with van der Waals surface area (Å²) in [5.74, 6) is -2.02. The fourth-order valence-electron chi connectivity index (χ4n) is 3.99. The molecule has 0 aromatic heterocycles. The highest BCUT2D eigenvalue weighted by Crippen LogP contribution is 2.53. The van der Waals surface area contributed by atoms with Crippen molar-refractivity contribution in [2.75, 3.05) is 4.90 Å². The van der Waals surface area contributed by atoms with Gasteiger partial charge in [-0.15, -0.1) is 0 Å². The van der Waals surface area contributed by atoms with Crippen LogP contribution in [0.4, 0.5) is 5.69 Å². The highest BCUT2D eigenvalue weighted by Gasteiger charge is 2.59. The molecule has 1 saturated carbocycles. The third-order valence-corrected chi connectivity index (χ3v) is 4.85. The Morgan fingerprint density at radius 1 is 1.05 bits per heavy atom. The molecule has 1 heterocycles. The zero-order chi connectivity index (χ0) is 14.7. The van der Waals surface area contributed by atoms with E-state index < -0.39 is 5.97 Å². The number of rotatable bonds is 2. The molecule has 0 unspecified atom stereocenters. The van der Waals surface area contributed by atoms with Crippen molar-refractivity contribution in [2.45, 2.75) is 6.42 Å². The Balaban J connectivity index is 1.80. The van der Waals surface area contributed by atoms with Crippen molar-refractivity contribution in [3.05, 3.63) is 42.0 Å². The fourth-order valence-corrected chi connectivity index (χ4v) is 3.99. The van der Waals surface area contributed by atoms with Crippen LogP contribution in [0, 0.1) is 23.7 Å². The number of imide groups is 1. The highest BCUT2D eigenvalue weighted by molar-refractivity contribution is 6.24. The van der Waals surface area contributed by atoms with E-state index in [2.05, 4.69) is 0 Å². The van der Waals surface area contributed by atoms with Gasteiger partial charge in [0.05, 0.1) is 23.1 Å². The van der Waals surface area contributed by atoms with Crippen molar-refractivity contribution in [1.82, 2.24) is 0 Å². The first-order valence-electron chi connectivity index (χ1n) is 6.98. The topological polar surface area (TPSA) is 74.7 Å². The van der Waals surface area contributed by atoms with Crippen molar-refractivity contribution < 1.29 is 19.5 Å². The van der Waals surface area contributed by atoms with Gasteiger partial charge in [-0.1, -0.05) is 24.3 Å². The second-order valence-electron chi connectivity index (χ2n) is 5.83. The molecule has 5 heteroatoms. The summed E-state index contributed by atoms with van der Waals surface area (Å²) in [6.45, 7) is 0. The predicted octanol–water partition coefficient (Wildman–Crippen LogP) is 1.70. The van der Waals surface area contributed by atoms with E-state index in [0.29, 0.717) is 0 Å². The lowest BCUT2D eigenvalue weighted by Gasteiger charge is -2.19. The molecule has 4 atom stereocenters. The molecule has 4 rings (SSSR count). The number of carboxylic acids is 1. The fraction of sp³-hybridized carbons (Fsp3) is 0.312. The predicted molar refractivity (Wildman–Crippen MR) is 73.6 cm³/mol. The molecule has 21 heavy (non-hydrogen) atoms. The first-order chi connectivity index (χ1) is 10.1. The van der Waals surface area contributed by atoms with E-state index in [-0.39, 0.29) is 46.7 Å². The zero-order valence-electron chi connectivity index (χ0n) is 11.1. The summed E-state index contributed by atoms with van der Waals surface area (Å²) in [7, 11) is 0. The number of amides is 2. The van der Waals surface area contributed by atoms with Crippen molar-refractivity contribution in [1.29, 1.82) is 0 Å². The van der Waals surface area contributed by atoms with Crippen LogP contribution in [0.3, 0.4) is 0 Å². The van der Waals surface area contributed by atoms with E-state index in [1.54, 1.807) is 12.1 Å². The number of carbonyl (C=O) groups is 3. The second kappa shape index (κ2) is 4.04. The molecule has 2 bridgehead atoms. The first-order valence-corrected chi connectivity index (χ1v) is 6.98. The van der Waals surface area contributed by atoms with Gasteiger partial charge in [-0.25, -0.2) is 9.69 Å². The van der Waals surface area contributed by atoms with Gasteiger partial charge in [-0.05, 0) is 30.4 Å². The number of nitrogens with zero attached hydrogens (tertiary/aromatic N) is 1. The molecule has 2 amide bonds. The Bertz CT molecular complexity index is 678. The zero-order valence-corrected chi connectivity index (χ0v) is 11.1. The lowest BCUT2D eigenvalue weighted by molar-refractivity contribution is -0.123. The standard InChI is InChI=1S/C16H13NO4/c18-14-12-8-5-6-9(7-8)13(12)15(19)17(14)11-4-2-1-3-10(11)16(20)21/h1-6,8-9,12-13H,7H2,(H,20,21)/t8-,9+,12-,13-/m0/s1. The van der Waals surface area contributed by atoms with Crippen molar-refractivity contribution in [3.63, 3.8) is 0 Å². The molecular weight excluding hydrogens is 270 g/mol. The van der Waals surface area contributed by atoms with Gasteiger partial charge in [-0.2, -0.15) is 0 Å². The normalized spacial score (nSPS) is 32.9. The van der Waals surface area contributed by atoms with Gasteiger partial charge in [0.15, 0.2) is 0 Å². The molecule has 106 valence electrons. The van der Waals surface area contributed by atoms with Crippen LogP contribution in [0.2, 0.25) is 0 Å². The van der Waals surface area contributed by atoms with Crippen LogP contribution in [0.5, 0.6) is 0 Å². The number of para-hydroxylation sites is 1. The third-order valence-electron chi connectivity index (χ3n) is 4.85. The van der Waals surface area contributed by atoms with Crippen molar-refractivity contribution in [2.24, 2.45) is 23.7 Å². The minimum Gasteiger partial charge on any atom is -0.478 e. The van der Waals surface area contributed by atoms with E-state index in [4.69, 9.17) is 0 Å². The summed E-state index contributed by atoms with van der Waals surface area (Å²) in [5.41, 5.74) is 0.174. The second-order valence-corrected chi connectivity index (χ2v) is 5.83. The number of carbonyl (C=O) groups excluding carboxylic acids is 2. The lowest BCUT2D eigenvalue weighted by Crippen LogP contribution is -2.34.